The van der Waals surface area contributed by atoms with Crippen LogP contribution in [0.15, 0.2) is 47.4 Å². The lowest BCUT2D eigenvalue weighted by molar-refractivity contribution is -0.114. The van der Waals surface area contributed by atoms with E-state index in [1.807, 2.05) is 24.3 Å². The SMILES string of the molecule is C/C(=C\c1cc(-c2ccccc2)cs1)C(N)=O. The van der Waals surface area contributed by atoms with Crippen LogP contribution < -0.4 is 5.73 Å². The largest absolute Gasteiger partial charge is 0.366 e. The van der Waals surface area contributed by atoms with E-state index >= 15 is 0 Å². The smallest absolute Gasteiger partial charge is 0.244 e. The molecule has 0 aliphatic rings. The summed E-state index contributed by atoms with van der Waals surface area (Å²) < 4.78 is 0. The molecule has 0 bridgehead atoms. The van der Waals surface area contributed by atoms with E-state index in [-0.39, 0.29) is 5.91 Å². The van der Waals surface area contributed by atoms with E-state index in [2.05, 4.69) is 23.6 Å². The third-order valence-electron chi connectivity index (χ3n) is 2.47. The minimum atomic E-state index is -0.375. The molecule has 0 saturated carbocycles. The second-order valence-corrected chi connectivity index (χ2v) is 4.74. The summed E-state index contributed by atoms with van der Waals surface area (Å²) in [5.74, 6) is -0.375. The first kappa shape index (κ1) is 11.6. The molecule has 0 spiro atoms. The molecule has 0 fully saturated rings. The average molecular weight is 243 g/mol. The van der Waals surface area contributed by atoms with Crippen molar-refractivity contribution in [2.45, 2.75) is 6.92 Å². The zero-order valence-corrected chi connectivity index (χ0v) is 10.3. The van der Waals surface area contributed by atoms with Gasteiger partial charge >= 0.3 is 0 Å². The van der Waals surface area contributed by atoms with E-state index in [0.29, 0.717) is 5.57 Å². The highest BCUT2D eigenvalue weighted by Crippen LogP contribution is 2.26. The van der Waals surface area contributed by atoms with Crippen LogP contribution >= 0.6 is 11.3 Å². The van der Waals surface area contributed by atoms with Gasteiger partial charge in [-0.1, -0.05) is 30.3 Å². The summed E-state index contributed by atoms with van der Waals surface area (Å²) in [6.45, 7) is 1.73. The number of carbonyl (C=O) groups is 1. The zero-order chi connectivity index (χ0) is 12.3. The Balaban J connectivity index is 2.29. The van der Waals surface area contributed by atoms with Gasteiger partial charge in [-0.2, -0.15) is 0 Å². The van der Waals surface area contributed by atoms with E-state index < -0.39 is 0 Å². The molecule has 0 radical (unpaired) electrons. The topological polar surface area (TPSA) is 43.1 Å². The van der Waals surface area contributed by atoms with Gasteiger partial charge in [-0.3, -0.25) is 4.79 Å². The molecule has 0 atom stereocenters. The Morgan fingerprint density at radius 3 is 2.59 bits per heavy atom. The van der Waals surface area contributed by atoms with Gasteiger partial charge in [0, 0.05) is 10.5 Å². The molecule has 2 aromatic rings. The number of carbonyl (C=O) groups excluding carboxylic acids is 1. The molecule has 0 aliphatic carbocycles. The highest BCUT2D eigenvalue weighted by molar-refractivity contribution is 7.11. The Bertz CT molecular complexity index is 555. The van der Waals surface area contributed by atoms with E-state index in [0.717, 1.165) is 4.88 Å². The van der Waals surface area contributed by atoms with Crippen LogP contribution in [-0.2, 0) is 4.79 Å². The number of rotatable bonds is 3. The van der Waals surface area contributed by atoms with E-state index in [1.165, 1.54) is 11.1 Å². The first-order valence-corrected chi connectivity index (χ1v) is 6.17. The van der Waals surface area contributed by atoms with Crippen molar-refractivity contribution in [1.29, 1.82) is 0 Å². The lowest BCUT2D eigenvalue weighted by atomic mass is 10.1. The molecule has 0 aliphatic heterocycles. The third kappa shape index (κ3) is 2.82. The summed E-state index contributed by atoms with van der Waals surface area (Å²) in [5, 5.41) is 2.08. The Labute approximate surface area is 104 Å². The van der Waals surface area contributed by atoms with Crippen molar-refractivity contribution < 1.29 is 4.79 Å². The molecule has 2 rings (SSSR count). The van der Waals surface area contributed by atoms with Crippen LogP contribution in [0, 0.1) is 0 Å². The van der Waals surface area contributed by atoms with Gasteiger partial charge in [0.15, 0.2) is 0 Å². The van der Waals surface area contributed by atoms with Gasteiger partial charge < -0.3 is 5.73 Å². The molecular weight excluding hydrogens is 230 g/mol. The van der Waals surface area contributed by atoms with Gasteiger partial charge in [0.2, 0.25) is 5.91 Å². The third-order valence-corrected chi connectivity index (χ3v) is 3.35. The van der Waals surface area contributed by atoms with E-state index in [9.17, 15) is 4.79 Å². The number of nitrogens with two attached hydrogens (primary N) is 1. The van der Waals surface area contributed by atoms with Gasteiger partial charge in [0.25, 0.3) is 0 Å². The minimum Gasteiger partial charge on any atom is -0.366 e. The van der Waals surface area contributed by atoms with Crippen molar-refractivity contribution in [2.24, 2.45) is 5.73 Å². The van der Waals surface area contributed by atoms with E-state index in [1.54, 1.807) is 18.3 Å². The van der Waals surface area contributed by atoms with Gasteiger partial charge in [0.05, 0.1) is 0 Å². The minimum absolute atomic E-state index is 0.375. The van der Waals surface area contributed by atoms with Crippen LogP contribution in [0.3, 0.4) is 0 Å². The summed E-state index contributed by atoms with van der Waals surface area (Å²) in [5.41, 5.74) is 8.12. The number of primary amides is 1. The maximum Gasteiger partial charge on any atom is 0.244 e. The monoisotopic (exact) mass is 243 g/mol. The first-order valence-electron chi connectivity index (χ1n) is 5.29. The van der Waals surface area contributed by atoms with Crippen LogP contribution in [0.5, 0.6) is 0 Å². The van der Waals surface area contributed by atoms with Crippen molar-refractivity contribution in [3.05, 3.63) is 52.2 Å². The molecule has 2 N–H and O–H groups in total. The van der Waals surface area contributed by atoms with Crippen LogP contribution in [0.25, 0.3) is 17.2 Å². The van der Waals surface area contributed by atoms with Crippen molar-refractivity contribution in [3.8, 4) is 11.1 Å². The lowest BCUT2D eigenvalue weighted by Crippen LogP contribution is -2.11. The van der Waals surface area contributed by atoms with Crippen LogP contribution in [0.4, 0.5) is 0 Å². The lowest BCUT2D eigenvalue weighted by Gasteiger charge is -1.95. The molecule has 1 heterocycles. The maximum atomic E-state index is 10.9. The zero-order valence-electron chi connectivity index (χ0n) is 9.51. The molecule has 17 heavy (non-hydrogen) atoms. The van der Waals surface area contributed by atoms with Gasteiger partial charge in [0.1, 0.15) is 0 Å². The average Bonchev–Trinajstić information content (AvgIpc) is 2.78. The predicted octanol–water partition coefficient (Wildman–Crippen LogP) is 3.30. The number of thiophene rings is 1. The van der Waals surface area contributed by atoms with E-state index in [4.69, 9.17) is 5.73 Å². The standard InChI is InChI=1S/C14H13NOS/c1-10(14(15)16)7-13-8-12(9-17-13)11-5-3-2-4-6-11/h2-9H,1H3,(H2,15,16)/b10-7+. The Morgan fingerprint density at radius 2 is 1.94 bits per heavy atom. The Hall–Kier alpha value is -1.87. The summed E-state index contributed by atoms with van der Waals surface area (Å²) in [4.78, 5) is 12.0. The summed E-state index contributed by atoms with van der Waals surface area (Å²) in [6, 6.07) is 12.2. The first-order chi connectivity index (χ1) is 8.16. The maximum absolute atomic E-state index is 10.9. The van der Waals surface area contributed by atoms with Gasteiger partial charge in [-0.05, 0) is 35.6 Å². The number of benzene rings is 1. The van der Waals surface area contributed by atoms with Crippen LogP contribution in [0.2, 0.25) is 0 Å². The molecule has 1 aromatic heterocycles. The summed E-state index contributed by atoms with van der Waals surface area (Å²) >= 11 is 1.61. The molecule has 2 nitrogen and oxygen atoms in total. The normalized spacial score (nSPS) is 11.5. The highest BCUT2D eigenvalue weighted by atomic mass is 32.1. The van der Waals surface area contributed by atoms with Crippen molar-refractivity contribution in [3.63, 3.8) is 0 Å². The highest BCUT2D eigenvalue weighted by Gasteiger charge is 2.02. The van der Waals surface area contributed by atoms with Crippen molar-refractivity contribution in [2.75, 3.05) is 0 Å². The molecule has 0 saturated heterocycles. The quantitative estimate of drug-likeness (QED) is 0.826. The molecule has 86 valence electrons. The second kappa shape index (κ2) is 4.97. The number of hydrogen-bond acceptors (Lipinski definition) is 2. The van der Waals surface area contributed by atoms with Gasteiger partial charge in [-0.15, -0.1) is 11.3 Å². The fraction of sp³-hybridized carbons (Fsp3) is 0.0714. The Morgan fingerprint density at radius 1 is 1.24 bits per heavy atom. The number of amides is 1. The van der Waals surface area contributed by atoms with Crippen LogP contribution in [0.1, 0.15) is 11.8 Å². The summed E-state index contributed by atoms with van der Waals surface area (Å²) in [6.07, 6.45) is 1.82. The molecular formula is C14H13NOS. The fourth-order valence-corrected chi connectivity index (χ4v) is 2.40. The summed E-state index contributed by atoms with van der Waals surface area (Å²) in [7, 11) is 0. The fourth-order valence-electron chi connectivity index (χ4n) is 1.50. The van der Waals surface area contributed by atoms with Crippen molar-refractivity contribution in [1.82, 2.24) is 0 Å². The van der Waals surface area contributed by atoms with Gasteiger partial charge in [-0.25, -0.2) is 0 Å². The molecule has 1 amide bonds. The predicted molar refractivity (Wildman–Crippen MR) is 72.6 cm³/mol. The number of hydrogen-bond donors (Lipinski definition) is 1. The molecule has 0 unspecified atom stereocenters. The van der Waals surface area contributed by atoms with Crippen LogP contribution in [-0.4, -0.2) is 5.91 Å². The Kier molecular flexibility index (Phi) is 3.40. The molecule has 3 heteroatoms. The molecule has 1 aromatic carbocycles. The van der Waals surface area contributed by atoms with Crippen molar-refractivity contribution >= 4 is 23.3 Å². The second-order valence-electron chi connectivity index (χ2n) is 3.80.